The number of aromatic amines is 1. The van der Waals surface area contributed by atoms with E-state index in [-0.39, 0.29) is 23.9 Å². The molecule has 1 amide bonds. The zero-order valence-corrected chi connectivity index (χ0v) is 23.7. The van der Waals surface area contributed by atoms with Crippen molar-refractivity contribution in [3.8, 4) is 12.8 Å². The highest BCUT2D eigenvalue weighted by Crippen LogP contribution is 2.44. The molecule has 0 radical (unpaired) electrons. The van der Waals surface area contributed by atoms with Crippen molar-refractivity contribution in [3.63, 3.8) is 0 Å². The minimum absolute atomic E-state index is 0.00877. The first-order chi connectivity index (χ1) is 16.6. The molecule has 1 aliphatic carbocycles. The van der Waals surface area contributed by atoms with Gasteiger partial charge in [-0.3, -0.25) is 9.18 Å². The van der Waals surface area contributed by atoms with Crippen LogP contribution < -0.4 is 5.32 Å². The molecule has 1 aromatic rings. The number of nitrogens with one attached hydrogen (secondary N) is 3. The fourth-order valence-electron chi connectivity index (χ4n) is 3.45. The van der Waals surface area contributed by atoms with E-state index >= 15 is 0 Å². The maximum atomic E-state index is 14.2. The third-order valence-corrected chi connectivity index (χ3v) is 5.51. The number of H-pyrrole nitrogens is 1. The molecule has 3 rings (SSSR count). The summed E-state index contributed by atoms with van der Waals surface area (Å²) in [5, 5.41) is 9.29. The summed E-state index contributed by atoms with van der Waals surface area (Å²) in [7, 11) is 0. The number of piperidine rings is 1. The number of carbonyl (C=O) groups excluding carboxylic acids is 1. The number of aryl methyl sites for hydroxylation is 1. The van der Waals surface area contributed by atoms with Crippen LogP contribution in [-0.2, 0) is 4.79 Å². The molecular weight excluding hydrogens is 446 g/mol. The van der Waals surface area contributed by atoms with Gasteiger partial charge in [-0.25, -0.2) is 9.37 Å². The van der Waals surface area contributed by atoms with Gasteiger partial charge in [-0.1, -0.05) is 41.5 Å². The summed E-state index contributed by atoms with van der Waals surface area (Å²) in [5.41, 5.74) is 1.01. The van der Waals surface area contributed by atoms with Crippen molar-refractivity contribution in [1.29, 1.82) is 5.41 Å². The zero-order chi connectivity index (χ0) is 28.0. The first-order valence-corrected chi connectivity index (χ1v) is 12.9. The van der Waals surface area contributed by atoms with Crippen LogP contribution in [0.1, 0.15) is 112 Å². The fourth-order valence-corrected chi connectivity index (χ4v) is 3.45. The van der Waals surface area contributed by atoms with Gasteiger partial charge in [0.2, 0.25) is 5.91 Å². The monoisotopic (exact) mass is 498 g/mol. The number of nitrogens with zero attached hydrogens (tertiary/aromatic N) is 1. The lowest BCUT2D eigenvalue weighted by Crippen LogP contribution is -2.33. The lowest BCUT2D eigenvalue weighted by Gasteiger charge is -2.36. The van der Waals surface area contributed by atoms with Crippen LogP contribution in [0.4, 0.5) is 8.78 Å². The number of rotatable bonds is 3. The molecule has 204 valence electrons. The maximum absolute atomic E-state index is 14.2. The summed E-state index contributed by atoms with van der Waals surface area (Å²) in [5.74, 6) is 1.65. The normalized spacial score (nSPS) is 23.2. The average molecular weight is 499 g/mol. The summed E-state index contributed by atoms with van der Waals surface area (Å²) in [6, 6.07) is 0. The van der Waals surface area contributed by atoms with Gasteiger partial charge in [-0.2, -0.15) is 0 Å². The second kappa shape index (κ2) is 22.2. The number of amides is 1. The maximum Gasteiger partial charge on any atom is 0.220 e. The van der Waals surface area contributed by atoms with Crippen LogP contribution in [-0.4, -0.2) is 34.8 Å². The topological polar surface area (TPSA) is 81.6 Å². The highest BCUT2D eigenvalue weighted by atomic mass is 19.1. The Kier molecular flexibility index (Phi) is 23.7. The van der Waals surface area contributed by atoms with Crippen molar-refractivity contribution in [1.82, 2.24) is 15.3 Å². The van der Waals surface area contributed by atoms with E-state index in [9.17, 15) is 13.6 Å². The van der Waals surface area contributed by atoms with Crippen molar-refractivity contribution in [2.24, 2.45) is 17.3 Å². The smallest absolute Gasteiger partial charge is 0.220 e. The first kappa shape index (κ1) is 37.3. The van der Waals surface area contributed by atoms with Crippen molar-refractivity contribution >= 4 is 11.6 Å². The predicted octanol–water partition coefficient (Wildman–Crippen LogP) is 7.77. The number of imidazole rings is 1. The molecule has 7 heteroatoms. The Labute approximate surface area is 214 Å². The molecule has 2 unspecified atom stereocenters. The fraction of sp³-hybridized carbons (Fsp3) is 0.750. The highest BCUT2D eigenvalue weighted by molar-refractivity contribution is 5.76. The molecular formula is C28H52F2N4O. The number of hydrogen-bond acceptors (Lipinski definition) is 3. The van der Waals surface area contributed by atoms with Gasteiger partial charge in [0.1, 0.15) is 12.0 Å². The van der Waals surface area contributed by atoms with E-state index in [0.717, 1.165) is 50.9 Å². The molecule has 0 bridgehead atoms. The van der Waals surface area contributed by atoms with E-state index in [1.807, 2.05) is 41.5 Å². The van der Waals surface area contributed by atoms with E-state index in [2.05, 4.69) is 35.1 Å². The molecule has 1 saturated carbocycles. The molecule has 35 heavy (non-hydrogen) atoms. The first-order valence-electron chi connectivity index (χ1n) is 12.9. The van der Waals surface area contributed by atoms with E-state index in [1.54, 1.807) is 20.0 Å². The van der Waals surface area contributed by atoms with Gasteiger partial charge in [0.05, 0.1) is 18.6 Å². The molecule has 0 aromatic carbocycles. The summed E-state index contributed by atoms with van der Waals surface area (Å²) >= 11 is 0. The molecule has 0 spiro atoms. The summed E-state index contributed by atoms with van der Waals surface area (Å²) in [4.78, 5) is 17.5. The Bertz CT molecular complexity index is 665. The van der Waals surface area contributed by atoms with E-state index in [4.69, 9.17) is 5.41 Å². The van der Waals surface area contributed by atoms with Crippen LogP contribution >= 0.6 is 0 Å². The van der Waals surface area contributed by atoms with Crippen LogP contribution in [0, 0.1) is 42.4 Å². The lowest BCUT2D eigenvalue weighted by molar-refractivity contribution is -0.122. The Morgan fingerprint density at radius 2 is 1.69 bits per heavy atom. The summed E-state index contributed by atoms with van der Waals surface area (Å²) < 4.78 is 27.0. The molecule has 2 fully saturated rings. The summed E-state index contributed by atoms with van der Waals surface area (Å²) in [6.07, 6.45) is 13.5. The second-order valence-electron chi connectivity index (χ2n) is 9.06. The van der Waals surface area contributed by atoms with Crippen LogP contribution in [0.5, 0.6) is 0 Å². The largest absolute Gasteiger partial charge is 0.356 e. The molecule has 2 atom stereocenters. The van der Waals surface area contributed by atoms with Gasteiger partial charge in [0, 0.05) is 18.7 Å². The number of alkyl halides is 2. The van der Waals surface area contributed by atoms with Crippen molar-refractivity contribution in [2.45, 2.75) is 107 Å². The molecule has 5 nitrogen and oxygen atoms in total. The Hall–Kier alpha value is -2.23. The van der Waals surface area contributed by atoms with Crippen LogP contribution in [0.25, 0.3) is 0 Å². The van der Waals surface area contributed by atoms with Gasteiger partial charge >= 0.3 is 0 Å². The second-order valence-corrected chi connectivity index (χ2v) is 9.06. The SMILES string of the molecule is C#C.CC.CC.CC(C)=N.CC1CCC(=O)NC1.Cc1ncc(C(F)C2CCC(C)(CF)CC2)[nH]1. The zero-order valence-electron chi connectivity index (χ0n) is 23.7. The number of halogens is 2. The Morgan fingerprint density at radius 1 is 1.20 bits per heavy atom. The lowest BCUT2D eigenvalue weighted by atomic mass is 9.71. The van der Waals surface area contributed by atoms with Crippen LogP contribution in [0.3, 0.4) is 0 Å². The highest BCUT2D eigenvalue weighted by Gasteiger charge is 2.35. The molecule has 2 aliphatic rings. The van der Waals surface area contributed by atoms with E-state index < -0.39 is 6.17 Å². The Morgan fingerprint density at radius 3 is 2.00 bits per heavy atom. The quantitative estimate of drug-likeness (QED) is 0.294. The molecule has 1 aliphatic heterocycles. The minimum atomic E-state index is -0.986. The number of aromatic nitrogens is 2. The summed E-state index contributed by atoms with van der Waals surface area (Å²) in [6.45, 7) is 18.0. The van der Waals surface area contributed by atoms with Crippen LogP contribution in [0.2, 0.25) is 0 Å². The number of hydrogen-bond donors (Lipinski definition) is 3. The van der Waals surface area contributed by atoms with Crippen molar-refractivity contribution in [2.75, 3.05) is 13.2 Å². The van der Waals surface area contributed by atoms with Gasteiger partial charge in [0.15, 0.2) is 0 Å². The van der Waals surface area contributed by atoms with Crippen molar-refractivity contribution in [3.05, 3.63) is 17.7 Å². The predicted molar refractivity (Wildman–Crippen MR) is 146 cm³/mol. The molecule has 2 heterocycles. The average Bonchev–Trinajstić information content (AvgIpc) is 3.31. The molecule has 1 saturated heterocycles. The van der Waals surface area contributed by atoms with Gasteiger partial charge < -0.3 is 15.7 Å². The van der Waals surface area contributed by atoms with Gasteiger partial charge in [-0.05, 0) is 70.1 Å². The van der Waals surface area contributed by atoms with Crippen molar-refractivity contribution < 1.29 is 13.6 Å². The molecule has 1 aromatic heterocycles. The number of carbonyl (C=O) groups is 1. The standard InChI is InChI=1S/C13H20F2N2.C6H11NO.C3H7N.2C2H6.C2H2/c1-9-16-7-11(17-9)12(15)10-3-5-13(2,8-14)6-4-10;1-5-2-3-6(8)7-4-5;1-3(2)4;3*1-2/h7,10,12H,3-6,8H2,1-2H3,(H,16,17);5H,2-4H2,1H3,(H,7,8);4H,1-2H3;2*1-2H3;1-2H. The van der Waals surface area contributed by atoms with E-state index in [0.29, 0.717) is 17.3 Å². The minimum Gasteiger partial charge on any atom is -0.356 e. The van der Waals surface area contributed by atoms with Gasteiger partial charge in [-0.15, -0.1) is 12.8 Å². The third-order valence-electron chi connectivity index (χ3n) is 5.51. The third kappa shape index (κ3) is 17.8. The van der Waals surface area contributed by atoms with E-state index in [1.165, 1.54) is 0 Å². The van der Waals surface area contributed by atoms with Crippen LogP contribution in [0.15, 0.2) is 6.20 Å². The van der Waals surface area contributed by atoms with Gasteiger partial charge in [0.25, 0.3) is 0 Å². The Balaban J connectivity index is -0.000000475. The number of terminal acetylenes is 1. The molecule has 3 N–H and O–H groups in total.